The van der Waals surface area contributed by atoms with Gasteiger partial charge < -0.3 is 5.11 Å². The molecule has 0 radical (unpaired) electrons. The van der Waals surface area contributed by atoms with E-state index in [2.05, 4.69) is 0 Å². The van der Waals surface area contributed by atoms with Crippen LogP contribution >= 0.6 is 12.4 Å². The number of para-hydroxylation sites is 1. The van der Waals surface area contributed by atoms with Crippen LogP contribution in [0.1, 0.15) is 5.56 Å². The summed E-state index contributed by atoms with van der Waals surface area (Å²) in [5.74, 6) is 0.0417. The average Bonchev–Trinajstić information content (AvgIpc) is 1.89. The van der Waals surface area contributed by atoms with E-state index >= 15 is 0 Å². The Morgan fingerprint density at radius 2 is 1.90 bits per heavy atom. The Morgan fingerprint density at radius 1 is 1.30 bits per heavy atom. The molecule has 0 aliphatic heterocycles. The third-order valence-corrected chi connectivity index (χ3v) is 1.02. The van der Waals surface area contributed by atoms with E-state index in [1.165, 1.54) is 6.07 Å². The number of hydrogen-bond acceptors (Lipinski definition) is 2. The van der Waals surface area contributed by atoms with Crippen LogP contribution in [0.4, 0.5) is 0 Å². The summed E-state index contributed by atoms with van der Waals surface area (Å²) in [5, 5.41) is 17.2. The highest BCUT2D eigenvalue weighted by atomic mass is 35.5. The molecule has 10 heavy (non-hydrogen) atoms. The van der Waals surface area contributed by atoms with Crippen molar-refractivity contribution in [3.05, 3.63) is 29.8 Å². The fourth-order valence-corrected chi connectivity index (χ4v) is 0.568. The Hall–Kier alpha value is -1.20. The molecule has 0 saturated heterocycles. The molecule has 52 valence electrons. The van der Waals surface area contributed by atoms with Gasteiger partial charge in [-0.05, 0) is 12.1 Å². The molecule has 0 atom stereocenters. The van der Waals surface area contributed by atoms with Gasteiger partial charge in [0.1, 0.15) is 11.8 Å². The minimum atomic E-state index is 0. The van der Waals surface area contributed by atoms with Crippen LogP contribution in [0, 0.1) is 11.3 Å². The molecule has 0 bridgehead atoms. The zero-order chi connectivity index (χ0) is 6.69. The molecule has 0 spiro atoms. The fraction of sp³-hybridized carbons (Fsp3) is 0. The summed E-state index contributed by atoms with van der Waals surface area (Å²) >= 11 is 0. The van der Waals surface area contributed by atoms with Crippen LogP contribution in [-0.4, -0.2) is 5.11 Å². The summed E-state index contributed by atoms with van der Waals surface area (Å²) in [6, 6.07) is 8.28. The van der Waals surface area contributed by atoms with Gasteiger partial charge in [0.2, 0.25) is 0 Å². The van der Waals surface area contributed by atoms with E-state index in [-0.39, 0.29) is 18.2 Å². The number of benzene rings is 1. The molecule has 1 aromatic carbocycles. The second kappa shape index (κ2) is 3.76. The number of rotatable bonds is 0. The lowest BCUT2D eigenvalue weighted by molar-refractivity contribution is 0.473. The van der Waals surface area contributed by atoms with E-state index in [0.29, 0.717) is 5.56 Å². The van der Waals surface area contributed by atoms with Crippen molar-refractivity contribution < 1.29 is 5.11 Å². The van der Waals surface area contributed by atoms with E-state index in [1.807, 2.05) is 6.07 Å². The maximum atomic E-state index is 8.89. The second-order valence-electron chi connectivity index (χ2n) is 1.63. The molecule has 0 aliphatic rings. The van der Waals surface area contributed by atoms with Crippen molar-refractivity contribution in [3.8, 4) is 11.8 Å². The highest BCUT2D eigenvalue weighted by Gasteiger charge is 1.93. The zero-order valence-electron chi connectivity index (χ0n) is 5.11. The number of phenolic OH excluding ortho intramolecular Hbond substituents is 1. The van der Waals surface area contributed by atoms with Crippen LogP contribution in [-0.2, 0) is 0 Å². The number of hydrogen-bond donors (Lipinski definition) is 1. The lowest BCUT2D eigenvalue weighted by Gasteiger charge is -1.89. The average molecular weight is 156 g/mol. The number of nitriles is 1. The summed E-state index contributed by atoms with van der Waals surface area (Å²) in [5.41, 5.74) is 0.317. The maximum Gasteiger partial charge on any atom is 0.133 e. The molecule has 0 fully saturated rings. The monoisotopic (exact) mass is 155 g/mol. The number of phenols is 1. The van der Waals surface area contributed by atoms with Gasteiger partial charge in [0.25, 0.3) is 0 Å². The Labute approximate surface area is 65.1 Å². The van der Waals surface area contributed by atoms with Crippen LogP contribution in [0.15, 0.2) is 24.3 Å². The topological polar surface area (TPSA) is 44.0 Å². The molecule has 1 rings (SSSR count). The van der Waals surface area contributed by atoms with Crippen molar-refractivity contribution >= 4 is 12.4 Å². The van der Waals surface area contributed by atoms with Crippen LogP contribution in [0.25, 0.3) is 0 Å². The summed E-state index contributed by atoms with van der Waals surface area (Å²) < 4.78 is 0. The van der Waals surface area contributed by atoms with Gasteiger partial charge in [0, 0.05) is 0 Å². The lowest BCUT2D eigenvalue weighted by Crippen LogP contribution is -1.71. The van der Waals surface area contributed by atoms with E-state index in [4.69, 9.17) is 10.4 Å². The first-order chi connectivity index (χ1) is 4.34. The van der Waals surface area contributed by atoms with Crippen LogP contribution < -0.4 is 0 Å². The Kier molecular flexibility index (Phi) is 3.30. The first kappa shape index (κ1) is 8.80. The number of halogens is 1. The molecule has 2 nitrogen and oxygen atoms in total. The van der Waals surface area contributed by atoms with E-state index < -0.39 is 0 Å². The van der Waals surface area contributed by atoms with Crippen LogP contribution in [0.3, 0.4) is 0 Å². The molecule has 3 heteroatoms. The van der Waals surface area contributed by atoms with Crippen molar-refractivity contribution in [1.82, 2.24) is 0 Å². The van der Waals surface area contributed by atoms with E-state index in [9.17, 15) is 0 Å². The maximum absolute atomic E-state index is 8.89. The van der Waals surface area contributed by atoms with Crippen molar-refractivity contribution in [2.45, 2.75) is 0 Å². The molecule has 1 N–H and O–H groups in total. The predicted octanol–water partition coefficient (Wildman–Crippen LogP) is 1.69. The number of nitrogens with zero attached hydrogens (tertiary/aromatic N) is 1. The normalized spacial score (nSPS) is 7.50. The molecule has 0 saturated carbocycles. The molecule has 1 aromatic rings. The Bertz CT molecular complexity index is 254. The summed E-state index contributed by atoms with van der Waals surface area (Å²) in [6.07, 6.45) is 0. The van der Waals surface area contributed by atoms with E-state index in [0.717, 1.165) is 0 Å². The SMILES string of the molecule is Cl.N#Cc1ccccc1O. The minimum absolute atomic E-state index is 0. The van der Waals surface area contributed by atoms with Gasteiger partial charge >= 0.3 is 0 Å². The standard InChI is InChI=1S/C7H5NO.ClH/c8-5-6-3-1-2-4-7(6)9;/h1-4,9H;1H. The molecule has 0 unspecified atom stereocenters. The van der Waals surface area contributed by atoms with Gasteiger partial charge in [-0.3, -0.25) is 0 Å². The van der Waals surface area contributed by atoms with Gasteiger partial charge in [-0.1, -0.05) is 12.1 Å². The van der Waals surface area contributed by atoms with Gasteiger partial charge in [-0.2, -0.15) is 5.26 Å². The Balaban J connectivity index is 0.000000810. The predicted molar refractivity (Wildman–Crippen MR) is 40.1 cm³/mol. The second-order valence-corrected chi connectivity index (χ2v) is 1.63. The molecular formula is C7H6ClNO. The zero-order valence-corrected chi connectivity index (χ0v) is 5.93. The number of aromatic hydroxyl groups is 1. The molecule has 0 amide bonds. The minimum Gasteiger partial charge on any atom is -0.507 e. The van der Waals surface area contributed by atoms with Crippen molar-refractivity contribution in [2.75, 3.05) is 0 Å². The highest BCUT2D eigenvalue weighted by Crippen LogP contribution is 2.12. The molecule has 0 aromatic heterocycles. The van der Waals surface area contributed by atoms with Crippen LogP contribution in [0.5, 0.6) is 5.75 Å². The quantitative estimate of drug-likeness (QED) is 0.620. The van der Waals surface area contributed by atoms with E-state index in [1.54, 1.807) is 18.2 Å². The Morgan fingerprint density at radius 3 is 2.30 bits per heavy atom. The highest BCUT2D eigenvalue weighted by molar-refractivity contribution is 5.85. The first-order valence-corrected chi connectivity index (χ1v) is 2.52. The smallest absolute Gasteiger partial charge is 0.133 e. The lowest BCUT2D eigenvalue weighted by atomic mass is 10.2. The summed E-state index contributed by atoms with van der Waals surface area (Å²) in [7, 11) is 0. The van der Waals surface area contributed by atoms with Gasteiger partial charge in [-0.25, -0.2) is 0 Å². The summed E-state index contributed by atoms with van der Waals surface area (Å²) in [4.78, 5) is 0. The van der Waals surface area contributed by atoms with Crippen molar-refractivity contribution in [1.29, 1.82) is 5.26 Å². The first-order valence-electron chi connectivity index (χ1n) is 2.52. The van der Waals surface area contributed by atoms with Gasteiger partial charge in [-0.15, -0.1) is 12.4 Å². The van der Waals surface area contributed by atoms with Crippen molar-refractivity contribution in [3.63, 3.8) is 0 Å². The molecule has 0 heterocycles. The van der Waals surface area contributed by atoms with Gasteiger partial charge in [0.05, 0.1) is 5.56 Å². The largest absolute Gasteiger partial charge is 0.507 e. The third kappa shape index (κ3) is 1.64. The summed E-state index contributed by atoms with van der Waals surface area (Å²) in [6.45, 7) is 0. The van der Waals surface area contributed by atoms with Crippen LogP contribution in [0.2, 0.25) is 0 Å². The third-order valence-electron chi connectivity index (χ3n) is 1.02. The van der Waals surface area contributed by atoms with Gasteiger partial charge in [0.15, 0.2) is 0 Å². The van der Waals surface area contributed by atoms with Crippen molar-refractivity contribution in [2.24, 2.45) is 0 Å². The fourth-order valence-electron chi connectivity index (χ4n) is 0.568. The molecular weight excluding hydrogens is 150 g/mol. The molecule has 0 aliphatic carbocycles.